The van der Waals surface area contributed by atoms with Crippen molar-refractivity contribution in [2.45, 2.75) is 19.8 Å². The summed E-state index contributed by atoms with van der Waals surface area (Å²) in [6.45, 7) is 4.24. The van der Waals surface area contributed by atoms with Gasteiger partial charge >= 0.3 is 5.97 Å². The van der Waals surface area contributed by atoms with Crippen LogP contribution in [-0.4, -0.2) is 30.8 Å². The first-order valence-corrected chi connectivity index (χ1v) is 13.1. The molecule has 2 N–H and O–H groups in total. The Labute approximate surface area is 225 Å². The van der Waals surface area contributed by atoms with Gasteiger partial charge in [-0.1, -0.05) is 54.2 Å². The normalized spacial score (nSPS) is 14.9. The average Bonchev–Trinajstić information content (AvgIpc) is 3.47. The maximum Gasteiger partial charge on any atom is 0.337 e. The number of anilines is 1. The van der Waals surface area contributed by atoms with Gasteiger partial charge in [0.05, 0.1) is 64.8 Å². The molecule has 9 heteroatoms. The van der Waals surface area contributed by atoms with Gasteiger partial charge in [-0.3, -0.25) is 4.79 Å². The van der Waals surface area contributed by atoms with E-state index in [-0.39, 0.29) is 29.4 Å². The first-order valence-electron chi connectivity index (χ1n) is 12.1. The highest BCUT2D eigenvalue weighted by molar-refractivity contribution is 8.03. The molecular weight excluding hydrogens is 502 g/mol. The Bertz CT molecular complexity index is 1390. The zero-order valence-corrected chi connectivity index (χ0v) is 21.8. The Morgan fingerprint density at radius 1 is 1.05 bits per heavy atom. The molecule has 1 aromatic heterocycles. The number of nitrogens with zero attached hydrogens (tertiary/aromatic N) is 1. The summed E-state index contributed by atoms with van der Waals surface area (Å²) in [5.74, 6) is -0.628. The van der Waals surface area contributed by atoms with Gasteiger partial charge in [-0.15, -0.1) is 0 Å². The summed E-state index contributed by atoms with van der Waals surface area (Å²) in [6, 6.07) is 22.1. The van der Waals surface area contributed by atoms with Crippen LogP contribution in [0.3, 0.4) is 0 Å². The van der Waals surface area contributed by atoms with Gasteiger partial charge in [-0.05, 0) is 43.7 Å². The maximum absolute atomic E-state index is 13.2. The van der Waals surface area contributed by atoms with Gasteiger partial charge in [-0.25, -0.2) is 4.79 Å². The fourth-order valence-corrected chi connectivity index (χ4v) is 4.91. The minimum atomic E-state index is -0.810. The second-order valence-electron chi connectivity index (χ2n) is 8.07. The molecule has 3 aromatic rings. The third-order valence-corrected chi connectivity index (χ3v) is 6.66. The molecule has 1 amide bonds. The number of rotatable bonds is 10. The van der Waals surface area contributed by atoms with Crippen LogP contribution in [-0.2, 0) is 14.3 Å². The van der Waals surface area contributed by atoms with Crippen molar-refractivity contribution in [3.05, 3.63) is 100 Å². The number of hydrogen-bond acceptors (Lipinski definition) is 8. The number of furan rings is 1. The molecule has 2 heterocycles. The molecule has 0 radical (unpaired) electrons. The molecule has 0 saturated heterocycles. The van der Waals surface area contributed by atoms with Crippen molar-refractivity contribution in [1.29, 1.82) is 5.26 Å². The highest BCUT2D eigenvalue weighted by Crippen LogP contribution is 2.43. The summed E-state index contributed by atoms with van der Waals surface area (Å²) in [5, 5.41) is 16.8. The van der Waals surface area contributed by atoms with Gasteiger partial charge in [0, 0.05) is 0 Å². The summed E-state index contributed by atoms with van der Waals surface area (Å²) >= 11 is 1.17. The van der Waals surface area contributed by atoms with Crippen LogP contribution in [0, 0.1) is 11.3 Å². The number of nitriles is 1. The maximum atomic E-state index is 13.2. The van der Waals surface area contributed by atoms with Crippen molar-refractivity contribution < 1.29 is 23.5 Å². The highest BCUT2D eigenvalue weighted by atomic mass is 32.2. The third kappa shape index (κ3) is 5.93. The van der Waals surface area contributed by atoms with Crippen molar-refractivity contribution >= 4 is 35.0 Å². The minimum absolute atomic E-state index is 0.00958. The van der Waals surface area contributed by atoms with E-state index in [0.29, 0.717) is 34.5 Å². The van der Waals surface area contributed by atoms with E-state index in [1.54, 1.807) is 31.2 Å². The van der Waals surface area contributed by atoms with Crippen LogP contribution in [0.4, 0.5) is 5.69 Å². The van der Waals surface area contributed by atoms with E-state index in [1.165, 1.54) is 18.0 Å². The summed E-state index contributed by atoms with van der Waals surface area (Å²) in [5.41, 5.74) is 2.32. The third-order valence-electron chi connectivity index (χ3n) is 5.64. The Morgan fingerprint density at radius 3 is 2.50 bits per heavy atom. The zero-order chi connectivity index (χ0) is 26.9. The van der Waals surface area contributed by atoms with E-state index in [0.717, 1.165) is 5.56 Å². The van der Waals surface area contributed by atoms with E-state index in [2.05, 4.69) is 16.7 Å². The van der Waals surface area contributed by atoms with Crippen LogP contribution in [0.2, 0.25) is 0 Å². The number of para-hydroxylation sites is 2. The van der Waals surface area contributed by atoms with Crippen LogP contribution in [0.15, 0.2) is 93.6 Å². The van der Waals surface area contributed by atoms with E-state index in [1.807, 2.05) is 49.4 Å². The van der Waals surface area contributed by atoms with Gasteiger partial charge < -0.3 is 24.5 Å². The monoisotopic (exact) mass is 529 g/mol. The van der Waals surface area contributed by atoms with Crippen LogP contribution < -0.4 is 15.4 Å². The van der Waals surface area contributed by atoms with Crippen molar-refractivity contribution in [2.75, 3.05) is 24.3 Å². The van der Waals surface area contributed by atoms with Crippen LogP contribution in [0.5, 0.6) is 5.75 Å². The van der Waals surface area contributed by atoms with Gasteiger partial charge in [0.2, 0.25) is 5.91 Å². The molecule has 2 aromatic carbocycles. The van der Waals surface area contributed by atoms with E-state index in [4.69, 9.17) is 13.9 Å². The number of esters is 1. The second-order valence-corrected chi connectivity index (χ2v) is 9.05. The molecule has 0 spiro atoms. The highest BCUT2D eigenvalue weighted by Gasteiger charge is 2.39. The summed E-state index contributed by atoms with van der Waals surface area (Å²) in [7, 11) is 0. The number of allylic oxidation sites excluding steroid dienone is 1. The molecule has 0 saturated carbocycles. The lowest BCUT2D eigenvalue weighted by Gasteiger charge is -2.29. The molecule has 0 bridgehead atoms. The van der Waals surface area contributed by atoms with E-state index in [9.17, 15) is 14.9 Å². The minimum Gasteiger partial charge on any atom is -0.492 e. The Kier molecular flexibility index (Phi) is 8.90. The first-order chi connectivity index (χ1) is 18.6. The molecule has 38 heavy (non-hydrogen) atoms. The van der Waals surface area contributed by atoms with Crippen LogP contribution >= 0.6 is 11.8 Å². The van der Waals surface area contributed by atoms with Gasteiger partial charge in [0.15, 0.2) is 0 Å². The molecular formula is C29H27N3O5S. The van der Waals surface area contributed by atoms with E-state index < -0.39 is 11.9 Å². The number of thioether (sulfide) groups is 1. The van der Waals surface area contributed by atoms with Crippen molar-refractivity contribution in [2.24, 2.45) is 0 Å². The zero-order valence-electron chi connectivity index (χ0n) is 21.0. The quantitative estimate of drug-likeness (QED) is 0.334. The molecule has 4 rings (SSSR count). The summed E-state index contributed by atoms with van der Waals surface area (Å²) < 4.78 is 16.7. The van der Waals surface area contributed by atoms with Gasteiger partial charge in [0.1, 0.15) is 11.5 Å². The SMILES string of the molecule is CCOC(=O)C1=C(c2ccccc2)NC(SCC(=O)Nc2ccccc2OCC)=C(C#N)[C@@H]1c1ccco1. The Balaban J connectivity index is 1.69. The second kappa shape index (κ2) is 12.7. The topological polar surface area (TPSA) is 114 Å². The number of ether oxygens (including phenoxy) is 2. The largest absolute Gasteiger partial charge is 0.492 e. The smallest absolute Gasteiger partial charge is 0.337 e. The number of hydrogen-bond donors (Lipinski definition) is 2. The number of amides is 1. The van der Waals surface area contributed by atoms with Crippen molar-refractivity contribution in [1.82, 2.24) is 5.32 Å². The number of benzene rings is 2. The van der Waals surface area contributed by atoms with Crippen molar-refractivity contribution in [3.63, 3.8) is 0 Å². The fraction of sp³-hybridized carbons (Fsp3) is 0.207. The van der Waals surface area contributed by atoms with Crippen molar-refractivity contribution in [3.8, 4) is 11.8 Å². The molecule has 1 atom stereocenters. The molecule has 194 valence electrons. The molecule has 0 fully saturated rings. The number of dihydropyridines is 1. The lowest BCUT2D eigenvalue weighted by Crippen LogP contribution is -2.29. The predicted octanol–water partition coefficient (Wildman–Crippen LogP) is 5.45. The molecule has 1 aliphatic heterocycles. The Hall–Kier alpha value is -4.42. The van der Waals surface area contributed by atoms with Crippen LogP contribution in [0.25, 0.3) is 5.70 Å². The first kappa shape index (κ1) is 26.6. The lowest BCUT2D eigenvalue weighted by molar-refractivity contribution is -0.138. The fourth-order valence-electron chi connectivity index (χ4n) is 4.07. The molecule has 0 aliphatic carbocycles. The number of carbonyl (C=O) groups is 2. The number of nitrogens with one attached hydrogen (secondary N) is 2. The van der Waals surface area contributed by atoms with Crippen LogP contribution in [0.1, 0.15) is 31.1 Å². The summed E-state index contributed by atoms with van der Waals surface area (Å²) in [4.78, 5) is 26.1. The Morgan fingerprint density at radius 2 is 1.82 bits per heavy atom. The average molecular weight is 530 g/mol. The van der Waals surface area contributed by atoms with E-state index >= 15 is 0 Å². The van der Waals surface area contributed by atoms with Gasteiger partial charge in [-0.2, -0.15) is 5.26 Å². The standard InChI is InChI=1S/C29H27N3O5S/c1-3-35-22-14-9-8-13-21(22)31-24(33)18-38-28-20(17-30)25(23-15-10-16-37-23)26(29(34)36-4-2)27(32-28)19-11-6-5-7-12-19/h5-16,25,32H,3-4,18H2,1-2H3,(H,31,33)/t25-/m1/s1. The molecule has 0 unspecified atom stereocenters. The summed E-state index contributed by atoms with van der Waals surface area (Å²) in [6.07, 6.45) is 1.49. The molecule has 1 aliphatic rings. The van der Waals surface area contributed by atoms with Gasteiger partial charge in [0.25, 0.3) is 0 Å². The predicted molar refractivity (Wildman–Crippen MR) is 146 cm³/mol. The molecule has 8 nitrogen and oxygen atoms in total. The lowest BCUT2D eigenvalue weighted by atomic mass is 9.84. The number of carbonyl (C=O) groups excluding carboxylic acids is 2.